The van der Waals surface area contributed by atoms with Crippen LogP contribution in [0.2, 0.25) is 0 Å². The Morgan fingerprint density at radius 3 is 2.93 bits per heavy atom. The van der Waals surface area contributed by atoms with E-state index in [1.807, 2.05) is 11.9 Å². The number of carbonyl (C=O) groups is 1. The molecule has 0 aromatic rings. The van der Waals surface area contributed by atoms with E-state index < -0.39 is 11.9 Å². The van der Waals surface area contributed by atoms with Gasteiger partial charge >= 0.3 is 5.97 Å². The van der Waals surface area contributed by atoms with Crippen molar-refractivity contribution < 1.29 is 19.0 Å². The summed E-state index contributed by atoms with van der Waals surface area (Å²) in [5.74, 6) is -1.31. The van der Waals surface area contributed by atoms with Crippen molar-refractivity contribution in [1.82, 2.24) is 4.90 Å². The number of hydrogen-bond donors (Lipinski definition) is 1. The largest absolute Gasteiger partial charge is 0.481 e. The second-order valence-corrected chi connectivity index (χ2v) is 3.57. The smallest absolute Gasteiger partial charge is 0.310 e. The molecular formula is C9H16FNO3. The number of hydrogen-bond acceptors (Lipinski definition) is 3. The van der Waals surface area contributed by atoms with Crippen LogP contribution in [-0.2, 0) is 9.53 Å². The summed E-state index contributed by atoms with van der Waals surface area (Å²) in [4.78, 5) is 12.7. The molecule has 1 aliphatic heterocycles. The van der Waals surface area contributed by atoms with Crippen molar-refractivity contribution in [2.45, 2.75) is 12.5 Å². The van der Waals surface area contributed by atoms with Crippen LogP contribution in [-0.4, -0.2) is 55.5 Å². The zero-order valence-corrected chi connectivity index (χ0v) is 8.28. The minimum Gasteiger partial charge on any atom is -0.481 e. The number of rotatable bonds is 5. The van der Waals surface area contributed by atoms with Crippen molar-refractivity contribution in [2.24, 2.45) is 5.92 Å². The Kier molecular flexibility index (Phi) is 4.28. The number of nitrogens with zero attached hydrogens (tertiary/aromatic N) is 1. The number of ether oxygens (including phenoxy) is 1. The summed E-state index contributed by atoms with van der Waals surface area (Å²) in [6.45, 7) is 0.906. The van der Waals surface area contributed by atoms with Crippen molar-refractivity contribution in [3.05, 3.63) is 0 Å². The molecule has 0 saturated carbocycles. The number of carboxylic acids is 1. The molecule has 1 rings (SSSR count). The van der Waals surface area contributed by atoms with Gasteiger partial charge in [-0.15, -0.1) is 0 Å². The molecule has 2 unspecified atom stereocenters. The number of aliphatic carboxylic acids is 1. The molecule has 1 fully saturated rings. The summed E-state index contributed by atoms with van der Waals surface area (Å²) in [6.07, 6.45) is 0.444. The van der Waals surface area contributed by atoms with E-state index >= 15 is 0 Å². The van der Waals surface area contributed by atoms with Crippen LogP contribution in [0.15, 0.2) is 0 Å². The maximum Gasteiger partial charge on any atom is 0.310 e. The summed E-state index contributed by atoms with van der Waals surface area (Å²) in [5, 5.41) is 8.88. The van der Waals surface area contributed by atoms with Gasteiger partial charge in [0.2, 0.25) is 0 Å². The number of carboxylic acid groups (broad SMARTS) is 1. The molecule has 4 nitrogen and oxygen atoms in total. The Balaban J connectivity index is 2.44. The maximum atomic E-state index is 11.9. The van der Waals surface area contributed by atoms with E-state index in [1.54, 1.807) is 0 Å². The molecule has 82 valence electrons. The normalized spacial score (nSPS) is 27.1. The lowest BCUT2D eigenvalue weighted by molar-refractivity contribution is -0.143. The van der Waals surface area contributed by atoms with Gasteiger partial charge < -0.3 is 14.7 Å². The molecular weight excluding hydrogens is 189 g/mol. The van der Waals surface area contributed by atoms with Gasteiger partial charge in [-0.3, -0.25) is 9.18 Å². The van der Waals surface area contributed by atoms with E-state index in [0.29, 0.717) is 19.6 Å². The van der Waals surface area contributed by atoms with Gasteiger partial charge in [-0.1, -0.05) is 0 Å². The summed E-state index contributed by atoms with van der Waals surface area (Å²) in [5.41, 5.74) is 0. The molecule has 0 radical (unpaired) electrons. The van der Waals surface area contributed by atoms with Gasteiger partial charge in [0.1, 0.15) is 0 Å². The second-order valence-electron chi connectivity index (χ2n) is 3.57. The third-order valence-corrected chi connectivity index (χ3v) is 2.58. The van der Waals surface area contributed by atoms with Crippen molar-refractivity contribution in [1.29, 1.82) is 0 Å². The van der Waals surface area contributed by atoms with Crippen LogP contribution in [0, 0.1) is 5.92 Å². The molecule has 0 bridgehead atoms. The van der Waals surface area contributed by atoms with E-state index in [-0.39, 0.29) is 19.3 Å². The van der Waals surface area contributed by atoms with E-state index in [2.05, 4.69) is 0 Å². The van der Waals surface area contributed by atoms with Crippen molar-refractivity contribution in [2.75, 3.05) is 33.5 Å². The van der Waals surface area contributed by atoms with Gasteiger partial charge in [0, 0.05) is 12.6 Å². The highest BCUT2D eigenvalue weighted by Crippen LogP contribution is 2.18. The Hall–Kier alpha value is -0.680. The van der Waals surface area contributed by atoms with Crippen LogP contribution in [0.1, 0.15) is 6.42 Å². The third kappa shape index (κ3) is 2.65. The topological polar surface area (TPSA) is 49.8 Å². The lowest BCUT2D eigenvalue weighted by Gasteiger charge is -2.25. The van der Waals surface area contributed by atoms with E-state index in [0.717, 1.165) is 0 Å². The molecule has 14 heavy (non-hydrogen) atoms. The predicted octanol–water partition coefficient (Wildman–Crippen LogP) is 0.377. The molecule has 1 heterocycles. The number of halogens is 1. The van der Waals surface area contributed by atoms with Crippen LogP contribution in [0.25, 0.3) is 0 Å². The van der Waals surface area contributed by atoms with Gasteiger partial charge in [-0.25, -0.2) is 0 Å². The van der Waals surface area contributed by atoms with Crippen LogP contribution >= 0.6 is 0 Å². The monoisotopic (exact) mass is 205 g/mol. The molecule has 0 aliphatic carbocycles. The molecule has 0 amide bonds. The summed E-state index contributed by atoms with van der Waals surface area (Å²) >= 11 is 0. The minimum atomic E-state index is -0.834. The average Bonchev–Trinajstić information content (AvgIpc) is 2.62. The predicted molar refractivity (Wildman–Crippen MR) is 49.0 cm³/mol. The van der Waals surface area contributed by atoms with Crippen LogP contribution in [0.4, 0.5) is 4.39 Å². The maximum absolute atomic E-state index is 11.9. The van der Waals surface area contributed by atoms with Crippen molar-refractivity contribution in [3.63, 3.8) is 0 Å². The van der Waals surface area contributed by atoms with E-state index in [1.165, 1.54) is 0 Å². The van der Waals surface area contributed by atoms with Gasteiger partial charge in [0.05, 0.1) is 25.8 Å². The standard InChI is InChI=1S/C9H16FNO3/c1-11(4-2-3-10)8-6-14-5-7(8)9(12)13/h7-8H,2-6H2,1H3,(H,12,13). The quantitative estimate of drug-likeness (QED) is 0.704. The van der Waals surface area contributed by atoms with Gasteiger partial charge in [0.25, 0.3) is 0 Å². The first-order valence-electron chi connectivity index (χ1n) is 4.73. The molecule has 1 saturated heterocycles. The van der Waals surface area contributed by atoms with E-state index in [4.69, 9.17) is 9.84 Å². The molecule has 1 aliphatic rings. The Bertz CT molecular complexity index is 200. The van der Waals surface area contributed by atoms with Crippen LogP contribution < -0.4 is 0 Å². The Labute approximate surface area is 82.6 Å². The van der Waals surface area contributed by atoms with Gasteiger partial charge in [0.15, 0.2) is 0 Å². The lowest BCUT2D eigenvalue weighted by atomic mass is 10.0. The summed E-state index contributed by atoms with van der Waals surface area (Å²) in [6, 6.07) is -0.112. The fourth-order valence-corrected chi connectivity index (χ4v) is 1.69. The summed E-state index contributed by atoms with van der Waals surface area (Å²) in [7, 11) is 1.81. The second kappa shape index (κ2) is 5.26. The zero-order chi connectivity index (χ0) is 10.6. The molecule has 2 atom stereocenters. The molecule has 0 aromatic heterocycles. The van der Waals surface area contributed by atoms with Crippen LogP contribution in [0.5, 0.6) is 0 Å². The Morgan fingerprint density at radius 1 is 1.64 bits per heavy atom. The first-order chi connectivity index (χ1) is 6.66. The number of alkyl halides is 1. The van der Waals surface area contributed by atoms with Gasteiger partial charge in [-0.2, -0.15) is 0 Å². The molecule has 5 heteroatoms. The minimum absolute atomic E-state index is 0.112. The summed E-state index contributed by atoms with van der Waals surface area (Å²) < 4.78 is 17.0. The Morgan fingerprint density at radius 2 is 2.36 bits per heavy atom. The molecule has 1 N–H and O–H groups in total. The van der Waals surface area contributed by atoms with Crippen molar-refractivity contribution in [3.8, 4) is 0 Å². The highest BCUT2D eigenvalue weighted by molar-refractivity contribution is 5.71. The SMILES string of the molecule is CN(CCCF)C1COCC1C(=O)O. The highest BCUT2D eigenvalue weighted by atomic mass is 19.1. The molecule has 0 aromatic carbocycles. The van der Waals surface area contributed by atoms with Crippen molar-refractivity contribution >= 4 is 5.97 Å². The number of likely N-dealkylation sites (N-methyl/N-ethyl adjacent to an activating group) is 1. The average molecular weight is 205 g/mol. The fourth-order valence-electron chi connectivity index (χ4n) is 1.69. The fraction of sp³-hybridized carbons (Fsp3) is 0.889. The highest BCUT2D eigenvalue weighted by Gasteiger charge is 2.36. The van der Waals surface area contributed by atoms with Gasteiger partial charge in [-0.05, 0) is 13.5 Å². The van der Waals surface area contributed by atoms with Crippen LogP contribution in [0.3, 0.4) is 0 Å². The lowest BCUT2D eigenvalue weighted by Crippen LogP contribution is -2.41. The third-order valence-electron chi connectivity index (χ3n) is 2.58. The van der Waals surface area contributed by atoms with E-state index in [9.17, 15) is 9.18 Å². The first-order valence-corrected chi connectivity index (χ1v) is 4.73. The molecule has 0 spiro atoms. The zero-order valence-electron chi connectivity index (χ0n) is 8.28. The first kappa shape index (κ1) is 11.4.